The minimum absolute atomic E-state index is 0.877. The Bertz CT molecular complexity index is 1840. The van der Waals surface area contributed by atoms with Crippen LogP contribution in [0, 0.1) is 6.92 Å². The normalized spacial score (nSPS) is 12.2. The summed E-state index contributed by atoms with van der Waals surface area (Å²) < 4.78 is 0. The standard InChI is InChI=1S/C41H41N3S3/c1-4-5-6-15-28-43(31(3)24-25-32-17-8-12-21-38(32)45-37-20-11-7-16-30(37)2)34-27-26-33(29-41(34)47-42)44-35-18-9-13-22-39(35)46-40-23-14-10-19-36(40)44/h7-14,16-27,29H,3-6,15,28,42H2,1-2H3/b25-24-. The van der Waals surface area contributed by atoms with E-state index in [1.54, 1.807) is 0 Å². The first-order chi connectivity index (χ1) is 23.1. The molecule has 0 spiro atoms. The number of hydrogen-bond acceptors (Lipinski definition) is 6. The molecule has 3 nitrogen and oxygen atoms in total. The number of anilines is 4. The summed E-state index contributed by atoms with van der Waals surface area (Å²) in [5.74, 6) is 0. The van der Waals surface area contributed by atoms with Gasteiger partial charge >= 0.3 is 0 Å². The van der Waals surface area contributed by atoms with Crippen LogP contribution >= 0.6 is 35.5 Å². The third-order valence-corrected chi connectivity index (χ3v) is 11.3. The molecule has 2 N–H and O–H groups in total. The van der Waals surface area contributed by atoms with E-state index in [9.17, 15) is 0 Å². The number of rotatable bonds is 13. The van der Waals surface area contributed by atoms with Crippen LogP contribution in [-0.4, -0.2) is 6.54 Å². The molecular weight excluding hydrogens is 631 g/mol. The summed E-state index contributed by atoms with van der Waals surface area (Å²) in [5, 5.41) is 6.44. The first kappa shape index (κ1) is 33.1. The van der Waals surface area contributed by atoms with Gasteiger partial charge < -0.3 is 9.80 Å². The molecule has 0 aromatic heterocycles. The maximum Gasteiger partial charge on any atom is 0.0601 e. The second kappa shape index (κ2) is 15.9. The molecule has 238 valence electrons. The Morgan fingerprint density at radius 1 is 0.787 bits per heavy atom. The molecule has 6 rings (SSSR count). The summed E-state index contributed by atoms with van der Waals surface area (Å²) in [7, 11) is 0. The molecule has 0 bridgehead atoms. The van der Waals surface area contributed by atoms with E-state index in [1.807, 2.05) is 23.5 Å². The largest absolute Gasteiger partial charge is 0.341 e. The van der Waals surface area contributed by atoms with Crippen LogP contribution in [0.1, 0.15) is 43.7 Å². The molecule has 0 amide bonds. The molecule has 1 aliphatic heterocycles. The van der Waals surface area contributed by atoms with Gasteiger partial charge in [-0.25, -0.2) is 0 Å². The van der Waals surface area contributed by atoms with Crippen molar-refractivity contribution in [3.05, 3.63) is 145 Å². The van der Waals surface area contributed by atoms with Crippen LogP contribution in [0.4, 0.5) is 22.7 Å². The van der Waals surface area contributed by atoms with Crippen molar-refractivity contribution >= 4 is 64.3 Å². The van der Waals surface area contributed by atoms with Gasteiger partial charge in [-0.05, 0) is 97.1 Å². The van der Waals surface area contributed by atoms with Gasteiger partial charge in [0.2, 0.25) is 0 Å². The fraction of sp³-hybridized carbons (Fsp3) is 0.171. The van der Waals surface area contributed by atoms with Gasteiger partial charge in [0, 0.05) is 42.4 Å². The van der Waals surface area contributed by atoms with Crippen molar-refractivity contribution in [3.8, 4) is 0 Å². The molecule has 0 atom stereocenters. The zero-order valence-electron chi connectivity index (χ0n) is 27.1. The van der Waals surface area contributed by atoms with Crippen molar-refractivity contribution in [2.45, 2.75) is 64.0 Å². The van der Waals surface area contributed by atoms with Crippen LogP contribution in [0.15, 0.2) is 158 Å². The number of para-hydroxylation sites is 2. The van der Waals surface area contributed by atoms with Gasteiger partial charge in [0.25, 0.3) is 0 Å². The van der Waals surface area contributed by atoms with Crippen LogP contribution in [0.5, 0.6) is 0 Å². The Morgan fingerprint density at radius 3 is 2.15 bits per heavy atom. The summed E-state index contributed by atoms with van der Waals surface area (Å²) in [4.78, 5) is 10.7. The van der Waals surface area contributed by atoms with Crippen molar-refractivity contribution in [3.63, 3.8) is 0 Å². The Hall–Kier alpha value is -3.81. The van der Waals surface area contributed by atoms with E-state index in [4.69, 9.17) is 5.14 Å². The summed E-state index contributed by atoms with van der Waals surface area (Å²) in [6.45, 7) is 9.89. The lowest BCUT2D eigenvalue weighted by Gasteiger charge is -2.34. The Labute approximate surface area is 293 Å². The third kappa shape index (κ3) is 7.68. The molecule has 6 heteroatoms. The average Bonchev–Trinajstić information content (AvgIpc) is 3.11. The predicted molar refractivity (Wildman–Crippen MR) is 207 cm³/mol. The average molecular weight is 672 g/mol. The number of fused-ring (bicyclic) bond motifs is 2. The van der Waals surface area contributed by atoms with Crippen molar-refractivity contribution in [2.75, 3.05) is 16.3 Å². The molecule has 0 aliphatic carbocycles. The number of allylic oxidation sites excluding steroid dienone is 1. The second-order valence-corrected chi connectivity index (χ2v) is 14.4. The van der Waals surface area contributed by atoms with E-state index < -0.39 is 0 Å². The number of unbranched alkanes of at least 4 members (excludes halogenated alkanes) is 3. The first-order valence-corrected chi connectivity index (χ1v) is 18.7. The number of hydrogen-bond donors (Lipinski definition) is 1. The molecule has 1 aliphatic rings. The zero-order valence-corrected chi connectivity index (χ0v) is 29.5. The van der Waals surface area contributed by atoms with Gasteiger partial charge in [0.1, 0.15) is 0 Å². The molecule has 0 saturated carbocycles. The number of nitrogens with zero attached hydrogens (tertiary/aromatic N) is 2. The Morgan fingerprint density at radius 2 is 1.45 bits per heavy atom. The van der Waals surface area contributed by atoms with Crippen LogP contribution in [0.2, 0.25) is 0 Å². The van der Waals surface area contributed by atoms with Gasteiger partial charge in [-0.1, -0.05) is 123 Å². The van der Waals surface area contributed by atoms with E-state index in [0.29, 0.717) is 0 Å². The highest BCUT2D eigenvalue weighted by atomic mass is 32.2. The minimum atomic E-state index is 0.877. The Kier molecular flexibility index (Phi) is 11.2. The fourth-order valence-electron chi connectivity index (χ4n) is 5.83. The van der Waals surface area contributed by atoms with Crippen molar-refractivity contribution < 1.29 is 0 Å². The third-order valence-electron chi connectivity index (χ3n) is 8.32. The van der Waals surface area contributed by atoms with Crippen molar-refractivity contribution in [1.29, 1.82) is 0 Å². The van der Waals surface area contributed by atoms with E-state index >= 15 is 0 Å². The Balaban J connectivity index is 1.32. The highest BCUT2D eigenvalue weighted by Gasteiger charge is 2.25. The van der Waals surface area contributed by atoms with E-state index in [2.05, 4.69) is 158 Å². The first-order valence-electron chi connectivity index (χ1n) is 16.2. The maximum absolute atomic E-state index is 6.44. The highest BCUT2D eigenvalue weighted by molar-refractivity contribution is 8.00. The quantitative estimate of drug-likeness (QED) is 0.0747. The fourth-order valence-corrected chi connectivity index (χ4v) is 8.39. The molecule has 0 unspecified atom stereocenters. The van der Waals surface area contributed by atoms with Crippen LogP contribution < -0.4 is 14.9 Å². The van der Waals surface area contributed by atoms with Crippen LogP contribution in [0.25, 0.3) is 6.08 Å². The van der Waals surface area contributed by atoms with E-state index in [0.717, 1.165) is 34.9 Å². The maximum atomic E-state index is 6.44. The molecule has 5 aromatic carbocycles. The molecule has 0 saturated heterocycles. The summed E-state index contributed by atoms with van der Waals surface area (Å²) in [6, 6.07) is 41.0. The lowest BCUT2D eigenvalue weighted by atomic mass is 10.1. The van der Waals surface area contributed by atoms with Crippen LogP contribution in [-0.2, 0) is 0 Å². The van der Waals surface area contributed by atoms with Gasteiger partial charge in [-0.3, -0.25) is 5.14 Å². The number of aryl methyl sites for hydroxylation is 1. The van der Waals surface area contributed by atoms with Crippen LogP contribution in [0.3, 0.4) is 0 Å². The highest BCUT2D eigenvalue weighted by Crippen LogP contribution is 2.52. The van der Waals surface area contributed by atoms with Crippen molar-refractivity contribution in [1.82, 2.24) is 0 Å². The second-order valence-electron chi connectivity index (χ2n) is 11.6. The molecule has 5 aromatic rings. The minimum Gasteiger partial charge on any atom is -0.341 e. The van der Waals surface area contributed by atoms with Gasteiger partial charge in [-0.15, -0.1) is 0 Å². The molecular formula is C41H41N3S3. The van der Waals surface area contributed by atoms with Gasteiger partial charge in [0.15, 0.2) is 0 Å². The summed E-state index contributed by atoms with van der Waals surface area (Å²) in [5.41, 5.74) is 7.96. The zero-order chi connectivity index (χ0) is 32.6. The predicted octanol–water partition coefficient (Wildman–Crippen LogP) is 12.7. The lowest BCUT2D eigenvalue weighted by molar-refractivity contribution is 0.663. The van der Waals surface area contributed by atoms with E-state index in [1.165, 1.54) is 73.3 Å². The number of nitrogens with two attached hydrogens (primary N) is 1. The lowest BCUT2D eigenvalue weighted by Crippen LogP contribution is -2.23. The monoisotopic (exact) mass is 671 g/mol. The SMILES string of the molecule is C=C(/C=C\c1ccccc1Sc1ccccc1C)N(CCCCCC)c1ccc(N2c3ccccc3Sc3ccccc32)cc1SN. The van der Waals surface area contributed by atoms with Gasteiger partial charge in [0.05, 0.1) is 17.1 Å². The molecule has 0 radical (unpaired) electrons. The topological polar surface area (TPSA) is 32.5 Å². The molecule has 47 heavy (non-hydrogen) atoms. The smallest absolute Gasteiger partial charge is 0.0601 e. The van der Waals surface area contributed by atoms with Crippen molar-refractivity contribution in [2.24, 2.45) is 5.14 Å². The molecule has 0 fully saturated rings. The summed E-state index contributed by atoms with van der Waals surface area (Å²) in [6.07, 6.45) is 9.05. The summed E-state index contributed by atoms with van der Waals surface area (Å²) >= 11 is 4.93. The number of benzene rings is 5. The van der Waals surface area contributed by atoms with E-state index in [-0.39, 0.29) is 0 Å². The molecule has 1 heterocycles. The van der Waals surface area contributed by atoms with Gasteiger partial charge in [-0.2, -0.15) is 0 Å².